The highest BCUT2D eigenvalue weighted by Gasteiger charge is 2.17. The number of rotatable bonds is 7. The van der Waals surface area contributed by atoms with Crippen molar-refractivity contribution in [2.75, 3.05) is 6.54 Å². The number of aromatic nitrogens is 3. The summed E-state index contributed by atoms with van der Waals surface area (Å²) in [6.45, 7) is 8.24. The molecule has 4 nitrogen and oxygen atoms in total. The molecule has 0 radical (unpaired) electrons. The fraction of sp³-hybridized carbons (Fsp3) is 0.500. The van der Waals surface area contributed by atoms with E-state index in [1.54, 1.807) is 0 Å². The molecule has 0 fully saturated rings. The smallest absolute Gasteiger partial charge is 0.0625 e. The van der Waals surface area contributed by atoms with E-state index in [-0.39, 0.29) is 6.04 Å². The SMILES string of the molecule is CCNC(Cc1ccc(Br)cn1)c1cc(CC)nn1CC. The van der Waals surface area contributed by atoms with Crippen molar-refractivity contribution < 1.29 is 0 Å². The standard InChI is InChI=1S/C16H23BrN4/c1-4-13-10-16(21(6-3)20-13)15(18-5-2)9-14-8-7-12(17)11-19-14/h7-8,10-11,15,18H,4-6,9H2,1-3H3. The van der Waals surface area contributed by atoms with Crippen molar-refractivity contribution in [2.24, 2.45) is 0 Å². The topological polar surface area (TPSA) is 42.7 Å². The number of nitrogens with zero attached hydrogens (tertiary/aromatic N) is 3. The summed E-state index contributed by atoms with van der Waals surface area (Å²) in [6.07, 6.45) is 3.69. The van der Waals surface area contributed by atoms with Crippen LogP contribution in [0.1, 0.15) is 43.9 Å². The molecule has 0 saturated heterocycles. The van der Waals surface area contributed by atoms with Gasteiger partial charge in [-0.05, 0) is 54.0 Å². The zero-order valence-corrected chi connectivity index (χ0v) is 14.5. The first-order chi connectivity index (χ1) is 10.2. The summed E-state index contributed by atoms with van der Waals surface area (Å²) >= 11 is 3.43. The Morgan fingerprint density at radius 3 is 2.62 bits per heavy atom. The van der Waals surface area contributed by atoms with E-state index in [0.717, 1.165) is 41.8 Å². The van der Waals surface area contributed by atoms with Crippen molar-refractivity contribution in [1.29, 1.82) is 0 Å². The van der Waals surface area contributed by atoms with Gasteiger partial charge in [-0.25, -0.2) is 0 Å². The van der Waals surface area contributed by atoms with E-state index < -0.39 is 0 Å². The van der Waals surface area contributed by atoms with Gasteiger partial charge in [0.15, 0.2) is 0 Å². The quantitative estimate of drug-likeness (QED) is 0.830. The van der Waals surface area contributed by atoms with Crippen molar-refractivity contribution in [2.45, 2.75) is 46.2 Å². The Bertz CT molecular complexity index is 562. The molecule has 2 heterocycles. The van der Waals surface area contributed by atoms with Crippen LogP contribution < -0.4 is 5.32 Å². The van der Waals surface area contributed by atoms with Crippen LogP contribution in [0, 0.1) is 0 Å². The minimum atomic E-state index is 0.247. The van der Waals surface area contributed by atoms with Gasteiger partial charge in [-0.3, -0.25) is 9.67 Å². The largest absolute Gasteiger partial charge is 0.309 e. The maximum absolute atomic E-state index is 4.65. The lowest BCUT2D eigenvalue weighted by Gasteiger charge is -2.18. The average Bonchev–Trinajstić information content (AvgIpc) is 2.92. The van der Waals surface area contributed by atoms with Gasteiger partial charge in [0.2, 0.25) is 0 Å². The Kier molecular flexibility index (Phi) is 5.94. The molecule has 1 atom stereocenters. The third kappa shape index (κ3) is 4.14. The predicted molar refractivity (Wildman–Crippen MR) is 89.3 cm³/mol. The van der Waals surface area contributed by atoms with E-state index in [4.69, 9.17) is 0 Å². The maximum atomic E-state index is 4.65. The zero-order valence-electron chi connectivity index (χ0n) is 12.9. The van der Waals surface area contributed by atoms with Crippen LogP contribution in [0.4, 0.5) is 0 Å². The number of halogens is 1. The Labute approximate surface area is 135 Å². The second-order valence-electron chi connectivity index (χ2n) is 5.01. The molecule has 21 heavy (non-hydrogen) atoms. The highest BCUT2D eigenvalue weighted by Crippen LogP contribution is 2.20. The van der Waals surface area contributed by atoms with Gasteiger partial charge in [-0.15, -0.1) is 0 Å². The lowest BCUT2D eigenvalue weighted by atomic mass is 10.1. The molecular formula is C16H23BrN4. The zero-order chi connectivity index (χ0) is 15.2. The van der Waals surface area contributed by atoms with Crippen molar-refractivity contribution in [3.8, 4) is 0 Å². The van der Waals surface area contributed by atoms with Gasteiger partial charge in [-0.2, -0.15) is 5.10 Å². The molecule has 0 amide bonds. The lowest BCUT2D eigenvalue weighted by Crippen LogP contribution is -2.26. The van der Waals surface area contributed by atoms with Crippen molar-refractivity contribution in [1.82, 2.24) is 20.1 Å². The summed E-state index contributed by atoms with van der Waals surface area (Å²) in [7, 11) is 0. The maximum Gasteiger partial charge on any atom is 0.0625 e. The number of aryl methyl sites for hydroxylation is 2. The van der Waals surface area contributed by atoms with Gasteiger partial charge in [0.25, 0.3) is 0 Å². The van der Waals surface area contributed by atoms with Crippen LogP contribution in [0.2, 0.25) is 0 Å². The normalized spacial score (nSPS) is 12.6. The van der Waals surface area contributed by atoms with E-state index in [1.807, 2.05) is 12.3 Å². The first kappa shape index (κ1) is 16.2. The number of pyridine rings is 1. The van der Waals surface area contributed by atoms with Gasteiger partial charge >= 0.3 is 0 Å². The summed E-state index contributed by atoms with van der Waals surface area (Å²) in [5.74, 6) is 0. The van der Waals surface area contributed by atoms with E-state index >= 15 is 0 Å². The third-order valence-electron chi connectivity index (χ3n) is 3.53. The number of likely N-dealkylation sites (N-methyl/N-ethyl adjacent to an activating group) is 1. The molecule has 0 aliphatic rings. The van der Waals surface area contributed by atoms with Gasteiger partial charge < -0.3 is 5.32 Å². The lowest BCUT2D eigenvalue weighted by molar-refractivity contribution is 0.486. The summed E-state index contributed by atoms with van der Waals surface area (Å²) in [5.41, 5.74) is 3.49. The molecule has 2 rings (SSSR count). The predicted octanol–water partition coefficient (Wildman–Crippen LogP) is 3.52. The van der Waals surface area contributed by atoms with Crippen molar-refractivity contribution >= 4 is 15.9 Å². The van der Waals surface area contributed by atoms with Gasteiger partial charge in [0.05, 0.1) is 17.4 Å². The molecular weight excluding hydrogens is 328 g/mol. The van der Waals surface area contributed by atoms with E-state index in [1.165, 1.54) is 5.69 Å². The molecule has 0 saturated carbocycles. The first-order valence-corrected chi connectivity index (χ1v) is 8.37. The molecule has 1 N–H and O–H groups in total. The molecule has 2 aromatic heterocycles. The van der Waals surface area contributed by atoms with Crippen LogP contribution in [0.5, 0.6) is 0 Å². The van der Waals surface area contributed by atoms with Crippen LogP contribution in [-0.4, -0.2) is 21.3 Å². The number of hydrogen-bond acceptors (Lipinski definition) is 3. The van der Waals surface area contributed by atoms with E-state index in [2.05, 4.69) is 68.9 Å². The molecule has 0 spiro atoms. The van der Waals surface area contributed by atoms with Gasteiger partial charge in [0, 0.05) is 29.3 Å². The van der Waals surface area contributed by atoms with Gasteiger partial charge in [-0.1, -0.05) is 13.8 Å². The fourth-order valence-corrected chi connectivity index (χ4v) is 2.69. The molecule has 2 aromatic rings. The van der Waals surface area contributed by atoms with E-state index in [9.17, 15) is 0 Å². The van der Waals surface area contributed by atoms with Crippen LogP contribution in [0.15, 0.2) is 28.9 Å². The van der Waals surface area contributed by atoms with Crippen LogP contribution >= 0.6 is 15.9 Å². The number of nitrogens with one attached hydrogen (secondary N) is 1. The van der Waals surface area contributed by atoms with Crippen molar-refractivity contribution in [3.05, 3.63) is 46.0 Å². The second kappa shape index (κ2) is 7.71. The molecule has 0 aliphatic heterocycles. The first-order valence-electron chi connectivity index (χ1n) is 7.58. The Morgan fingerprint density at radius 2 is 2.05 bits per heavy atom. The third-order valence-corrected chi connectivity index (χ3v) is 4.00. The van der Waals surface area contributed by atoms with E-state index in [0.29, 0.717) is 0 Å². The summed E-state index contributed by atoms with van der Waals surface area (Å²) < 4.78 is 3.11. The monoisotopic (exact) mass is 350 g/mol. The van der Waals surface area contributed by atoms with Crippen molar-refractivity contribution in [3.63, 3.8) is 0 Å². The Hall–Kier alpha value is -1.20. The van der Waals surface area contributed by atoms with Crippen LogP contribution in [0.3, 0.4) is 0 Å². The van der Waals surface area contributed by atoms with Crippen LogP contribution in [0.25, 0.3) is 0 Å². The number of hydrogen-bond donors (Lipinski definition) is 1. The second-order valence-corrected chi connectivity index (χ2v) is 5.93. The Balaban J connectivity index is 2.25. The molecule has 0 bridgehead atoms. The molecule has 114 valence electrons. The summed E-state index contributed by atoms with van der Waals surface area (Å²) in [6, 6.07) is 6.58. The molecule has 1 unspecified atom stereocenters. The highest BCUT2D eigenvalue weighted by atomic mass is 79.9. The molecule has 5 heteroatoms. The summed E-state index contributed by atoms with van der Waals surface area (Å²) in [4.78, 5) is 4.49. The minimum Gasteiger partial charge on any atom is -0.309 e. The highest BCUT2D eigenvalue weighted by molar-refractivity contribution is 9.10. The molecule has 0 aliphatic carbocycles. The fourth-order valence-electron chi connectivity index (χ4n) is 2.46. The van der Waals surface area contributed by atoms with Gasteiger partial charge in [0.1, 0.15) is 0 Å². The summed E-state index contributed by atoms with van der Waals surface area (Å²) in [5, 5.41) is 8.22. The van der Waals surface area contributed by atoms with Crippen LogP contribution in [-0.2, 0) is 19.4 Å². The minimum absolute atomic E-state index is 0.247. The Morgan fingerprint density at radius 1 is 1.24 bits per heavy atom. The average molecular weight is 351 g/mol. The molecule has 0 aromatic carbocycles.